The zero-order valence-electron chi connectivity index (χ0n) is 23.8. The Morgan fingerprint density at radius 2 is 1.59 bits per heavy atom. The third-order valence-electron chi connectivity index (χ3n) is 7.09. The van der Waals surface area contributed by atoms with E-state index in [2.05, 4.69) is 20.6 Å². The highest BCUT2D eigenvalue weighted by atomic mass is 32.2. The Labute approximate surface area is 256 Å². The predicted molar refractivity (Wildman–Crippen MR) is 168 cm³/mol. The van der Waals surface area contributed by atoms with Gasteiger partial charge in [-0.25, -0.2) is 9.97 Å². The van der Waals surface area contributed by atoms with Crippen molar-refractivity contribution in [3.05, 3.63) is 113 Å². The van der Waals surface area contributed by atoms with E-state index in [0.29, 0.717) is 44.6 Å². The molecule has 0 aliphatic carbocycles. The Kier molecular flexibility index (Phi) is 7.78. The van der Waals surface area contributed by atoms with Crippen molar-refractivity contribution >= 4 is 46.9 Å². The Morgan fingerprint density at radius 1 is 0.864 bits per heavy atom. The van der Waals surface area contributed by atoms with Gasteiger partial charge in [0.1, 0.15) is 5.82 Å². The summed E-state index contributed by atoms with van der Waals surface area (Å²) in [6.45, 7) is 1.39. The van der Waals surface area contributed by atoms with Crippen LogP contribution in [0.25, 0.3) is 22.5 Å². The molecule has 0 spiro atoms. The molecule has 10 nitrogen and oxygen atoms in total. The van der Waals surface area contributed by atoms with Gasteiger partial charge in [-0.05, 0) is 54.3 Å². The molecule has 1 aliphatic heterocycles. The van der Waals surface area contributed by atoms with Crippen molar-refractivity contribution in [2.75, 3.05) is 16.9 Å². The van der Waals surface area contributed by atoms with Crippen LogP contribution in [0.5, 0.6) is 0 Å². The van der Waals surface area contributed by atoms with Crippen LogP contribution < -0.4 is 10.6 Å². The lowest BCUT2D eigenvalue weighted by molar-refractivity contribution is -0.114. The lowest BCUT2D eigenvalue weighted by Gasteiger charge is -2.17. The highest BCUT2D eigenvalue weighted by Gasteiger charge is 2.35. The van der Waals surface area contributed by atoms with E-state index < -0.39 is 0 Å². The summed E-state index contributed by atoms with van der Waals surface area (Å²) in [5.74, 6) is -0.951. The molecule has 0 atom stereocenters. The minimum atomic E-state index is -0.383. The molecule has 2 aromatic heterocycles. The minimum absolute atomic E-state index is 0.0313. The number of nitrogens with one attached hydrogen (secondary N) is 3. The van der Waals surface area contributed by atoms with Crippen LogP contribution >= 0.6 is 11.8 Å². The molecule has 5 aromatic rings. The zero-order chi connectivity index (χ0) is 30.8. The number of thioether (sulfide) groups is 1. The molecule has 0 saturated heterocycles. The first kappa shape index (κ1) is 28.6. The molecular weight excluding hydrogens is 576 g/mol. The van der Waals surface area contributed by atoms with Crippen molar-refractivity contribution in [3.63, 3.8) is 0 Å². The van der Waals surface area contributed by atoms with Crippen LogP contribution in [-0.2, 0) is 11.3 Å². The molecule has 11 heteroatoms. The van der Waals surface area contributed by atoms with Gasteiger partial charge in [0.2, 0.25) is 5.91 Å². The van der Waals surface area contributed by atoms with Gasteiger partial charge in [0, 0.05) is 35.5 Å². The van der Waals surface area contributed by atoms with E-state index >= 15 is 0 Å². The number of imidazole rings is 1. The van der Waals surface area contributed by atoms with Crippen LogP contribution in [0.3, 0.4) is 0 Å². The topological polar surface area (TPSA) is 137 Å². The number of carbonyl (C=O) groups is 4. The van der Waals surface area contributed by atoms with E-state index in [1.165, 1.54) is 18.7 Å². The lowest BCUT2D eigenvalue weighted by Crippen LogP contribution is -2.30. The maximum Gasteiger partial charge on any atom is 0.261 e. The van der Waals surface area contributed by atoms with E-state index in [1.54, 1.807) is 66.9 Å². The summed E-state index contributed by atoms with van der Waals surface area (Å²) < 4.78 is 0. The zero-order valence-corrected chi connectivity index (χ0v) is 24.6. The Bertz CT molecular complexity index is 1920. The van der Waals surface area contributed by atoms with Crippen molar-refractivity contribution in [1.29, 1.82) is 0 Å². The number of benzene rings is 3. The number of aromatic nitrogens is 3. The monoisotopic (exact) mass is 602 g/mol. The summed E-state index contributed by atoms with van der Waals surface area (Å²) in [5.41, 5.74) is 5.08. The summed E-state index contributed by atoms with van der Waals surface area (Å²) in [5, 5.41) is 6.35. The van der Waals surface area contributed by atoms with Crippen LogP contribution in [0.2, 0.25) is 0 Å². The van der Waals surface area contributed by atoms with Crippen molar-refractivity contribution in [2.24, 2.45) is 0 Å². The first-order chi connectivity index (χ1) is 21.3. The third-order valence-corrected chi connectivity index (χ3v) is 7.67. The van der Waals surface area contributed by atoms with Crippen molar-refractivity contribution in [2.45, 2.75) is 18.6 Å². The molecule has 6 rings (SSSR count). The van der Waals surface area contributed by atoms with Crippen LogP contribution in [0, 0.1) is 0 Å². The number of amides is 4. The molecule has 3 heterocycles. The van der Waals surface area contributed by atoms with Gasteiger partial charge < -0.3 is 15.6 Å². The summed E-state index contributed by atoms with van der Waals surface area (Å²) in [4.78, 5) is 64.5. The van der Waals surface area contributed by atoms with Crippen molar-refractivity contribution in [1.82, 2.24) is 19.9 Å². The standard InChI is InChI=1S/C33H26N6O4S/c1-19(40)35-27-17-21(14-15-34-27)29-28(37-33(38-29)44-2)20-9-7-10-23(16-20)36-30(41)24-11-4-3-8-22(24)18-39-31(42)25-12-5-6-13-26(25)32(39)43/h3-17H,18H2,1-2H3,(H,36,41)(H,37,38)(H,34,35,40). The molecule has 218 valence electrons. The Morgan fingerprint density at radius 3 is 2.32 bits per heavy atom. The molecule has 0 unspecified atom stereocenters. The molecule has 1 aliphatic rings. The number of rotatable bonds is 8. The average Bonchev–Trinajstić information content (AvgIpc) is 3.57. The molecule has 0 saturated carbocycles. The Balaban J connectivity index is 1.26. The van der Waals surface area contributed by atoms with Crippen LogP contribution in [0.4, 0.5) is 11.5 Å². The minimum Gasteiger partial charge on any atom is -0.332 e. The smallest absolute Gasteiger partial charge is 0.261 e. The van der Waals surface area contributed by atoms with Crippen LogP contribution in [-0.4, -0.2) is 49.7 Å². The quantitative estimate of drug-likeness (QED) is 0.149. The number of aromatic amines is 1. The molecule has 0 bridgehead atoms. The number of hydrogen-bond donors (Lipinski definition) is 3. The molecule has 0 radical (unpaired) electrons. The number of carbonyl (C=O) groups excluding carboxylic acids is 4. The second kappa shape index (κ2) is 12.0. The van der Waals surface area contributed by atoms with E-state index in [-0.39, 0.29) is 30.2 Å². The van der Waals surface area contributed by atoms with Gasteiger partial charge in [-0.15, -0.1) is 0 Å². The van der Waals surface area contributed by atoms with Gasteiger partial charge in [0.15, 0.2) is 5.16 Å². The predicted octanol–water partition coefficient (Wildman–Crippen LogP) is 5.87. The van der Waals surface area contributed by atoms with Gasteiger partial charge in [-0.3, -0.25) is 24.1 Å². The maximum absolute atomic E-state index is 13.5. The van der Waals surface area contributed by atoms with Gasteiger partial charge in [-0.2, -0.15) is 0 Å². The van der Waals surface area contributed by atoms with Gasteiger partial charge in [0.25, 0.3) is 17.7 Å². The fourth-order valence-corrected chi connectivity index (χ4v) is 5.46. The SMILES string of the molecule is CSc1nc(-c2cccc(NC(=O)c3ccccc3CN3C(=O)c4ccccc4C3=O)c2)c(-c2ccnc(NC(C)=O)c2)[nH]1. The van der Waals surface area contributed by atoms with E-state index in [9.17, 15) is 19.2 Å². The third kappa shape index (κ3) is 5.60. The maximum atomic E-state index is 13.5. The van der Waals surface area contributed by atoms with E-state index in [0.717, 1.165) is 21.7 Å². The first-order valence-corrected chi connectivity index (χ1v) is 14.9. The van der Waals surface area contributed by atoms with E-state index in [1.807, 2.05) is 30.5 Å². The summed E-state index contributed by atoms with van der Waals surface area (Å²) in [6.07, 6.45) is 3.53. The number of fused-ring (bicyclic) bond motifs is 1. The highest BCUT2D eigenvalue weighted by Crippen LogP contribution is 2.34. The summed E-state index contributed by atoms with van der Waals surface area (Å²) >= 11 is 1.46. The number of hydrogen-bond acceptors (Lipinski definition) is 7. The average molecular weight is 603 g/mol. The molecule has 3 N–H and O–H groups in total. The van der Waals surface area contributed by atoms with E-state index in [4.69, 9.17) is 4.98 Å². The Hall–Kier alpha value is -5.55. The van der Waals surface area contributed by atoms with Gasteiger partial charge in [0.05, 0.1) is 29.1 Å². The molecule has 4 amide bonds. The van der Waals surface area contributed by atoms with Gasteiger partial charge >= 0.3 is 0 Å². The van der Waals surface area contributed by atoms with Crippen LogP contribution in [0.15, 0.2) is 96.3 Å². The second-order valence-electron chi connectivity index (χ2n) is 10.0. The number of H-pyrrole nitrogens is 1. The summed E-state index contributed by atoms with van der Waals surface area (Å²) in [7, 11) is 0. The number of pyridine rings is 1. The first-order valence-electron chi connectivity index (χ1n) is 13.7. The largest absolute Gasteiger partial charge is 0.332 e. The second-order valence-corrected chi connectivity index (χ2v) is 10.8. The fraction of sp³-hybridized carbons (Fsp3) is 0.0909. The number of anilines is 2. The van der Waals surface area contributed by atoms with Crippen molar-refractivity contribution in [3.8, 4) is 22.5 Å². The molecule has 0 fully saturated rings. The fourth-order valence-electron chi connectivity index (χ4n) is 5.08. The van der Waals surface area contributed by atoms with Gasteiger partial charge in [-0.1, -0.05) is 54.2 Å². The highest BCUT2D eigenvalue weighted by molar-refractivity contribution is 7.98. The normalized spacial score (nSPS) is 12.3. The van der Waals surface area contributed by atoms with Crippen molar-refractivity contribution < 1.29 is 19.2 Å². The van der Waals surface area contributed by atoms with Crippen LogP contribution in [0.1, 0.15) is 43.6 Å². The molecular formula is C33H26N6O4S. The number of imide groups is 1. The lowest BCUT2D eigenvalue weighted by atomic mass is 10.0. The molecule has 44 heavy (non-hydrogen) atoms. The number of nitrogens with zero attached hydrogens (tertiary/aromatic N) is 3. The summed E-state index contributed by atoms with van der Waals surface area (Å²) in [6, 6.07) is 24.5. The molecule has 3 aromatic carbocycles.